The Kier molecular flexibility index (Phi) is 3.99. The molecule has 1 unspecified atom stereocenters. The fourth-order valence-corrected chi connectivity index (χ4v) is 2.99. The van der Waals surface area contributed by atoms with Crippen LogP contribution in [-0.2, 0) is 0 Å². The second-order valence-electron chi connectivity index (χ2n) is 5.70. The third kappa shape index (κ3) is 3.60. The first-order valence-electron chi connectivity index (χ1n) is 6.51. The van der Waals surface area contributed by atoms with E-state index in [0.29, 0.717) is 5.25 Å². The number of aliphatic imine (C=N–C) groups is 1. The van der Waals surface area contributed by atoms with Crippen molar-refractivity contribution in [3.63, 3.8) is 0 Å². The first-order chi connectivity index (χ1) is 8.87. The molecule has 0 saturated carbocycles. The van der Waals surface area contributed by atoms with Crippen LogP contribution in [0.5, 0.6) is 0 Å². The summed E-state index contributed by atoms with van der Waals surface area (Å²) >= 11 is 1.77. The Morgan fingerprint density at radius 1 is 1.21 bits per heavy atom. The molecule has 0 bridgehead atoms. The highest BCUT2D eigenvalue weighted by Crippen LogP contribution is 2.27. The van der Waals surface area contributed by atoms with E-state index in [1.54, 1.807) is 11.8 Å². The SMILES string of the molecule is CC1SC(=NC(C)(C)C)N(C)N=C1c1ccccc1. The predicted octanol–water partition coefficient (Wildman–Crippen LogP) is 3.61. The molecule has 0 aliphatic carbocycles. The second kappa shape index (κ2) is 5.37. The van der Waals surface area contributed by atoms with Crippen molar-refractivity contribution in [1.82, 2.24) is 5.01 Å². The van der Waals surface area contributed by atoms with Crippen molar-refractivity contribution in [3.05, 3.63) is 35.9 Å². The molecule has 1 atom stereocenters. The zero-order valence-electron chi connectivity index (χ0n) is 12.2. The molecular formula is C15H21N3S. The largest absolute Gasteiger partial charge is 0.255 e. The topological polar surface area (TPSA) is 28.0 Å². The maximum Gasteiger partial charge on any atom is 0.180 e. The quantitative estimate of drug-likeness (QED) is 0.783. The van der Waals surface area contributed by atoms with Crippen molar-refractivity contribution in [1.29, 1.82) is 0 Å². The molecule has 4 heteroatoms. The minimum Gasteiger partial charge on any atom is -0.255 e. The van der Waals surface area contributed by atoms with Crippen LogP contribution in [0, 0.1) is 0 Å². The van der Waals surface area contributed by atoms with Crippen LogP contribution in [0.2, 0.25) is 0 Å². The number of hydrogen-bond acceptors (Lipinski definition) is 3. The van der Waals surface area contributed by atoms with Gasteiger partial charge in [0.15, 0.2) is 5.17 Å². The monoisotopic (exact) mass is 275 g/mol. The molecule has 3 nitrogen and oxygen atoms in total. The minimum absolute atomic E-state index is 0.0733. The zero-order valence-corrected chi connectivity index (χ0v) is 13.0. The molecule has 0 amide bonds. The van der Waals surface area contributed by atoms with E-state index in [-0.39, 0.29) is 5.54 Å². The molecule has 1 aromatic rings. The Balaban J connectivity index is 2.32. The number of benzene rings is 1. The average Bonchev–Trinajstić information content (AvgIpc) is 2.33. The van der Waals surface area contributed by atoms with Gasteiger partial charge in [0.2, 0.25) is 0 Å². The Hall–Kier alpha value is -1.29. The lowest BCUT2D eigenvalue weighted by molar-refractivity contribution is 0.518. The standard InChI is InChI=1S/C15H21N3S/c1-11-13(12-9-7-6-8-10-12)17-18(5)14(19-11)16-15(2,3)4/h6-11H,1-5H3. The van der Waals surface area contributed by atoms with E-state index < -0.39 is 0 Å². The lowest BCUT2D eigenvalue weighted by Gasteiger charge is -2.29. The van der Waals surface area contributed by atoms with Gasteiger partial charge in [-0.2, -0.15) is 5.10 Å². The molecule has 0 N–H and O–H groups in total. The first-order valence-corrected chi connectivity index (χ1v) is 7.39. The molecule has 1 aromatic carbocycles. The molecule has 0 fully saturated rings. The van der Waals surface area contributed by atoms with Gasteiger partial charge in [-0.1, -0.05) is 42.1 Å². The smallest absolute Gasteiger partial charge is 0.180 e. The van der Waals surface area contributed by atoms with Gasteiger partial charge < -0.3 is 0 Å². The van der Waals surface area contributed by atoms with Crippen molar-refractivity contribution in [2.24, 2.45) is 10.1 Å². The highest BCUT2D eigenvalue weighted by molar-refractivity contribution is 8.15. The summed E-state index contributed by atoms with van der Waals surface area (Å²) in [6.07, 6.45) is 0. The molecule has 1 heterocycles. The van der Waals surface area contributed by atoms with E-state index >= 15 is 0 Å². The number of amidine groups is 1. The van der Waals surface area contributed by atoms with Crippen LogP contribution in [0.1, 0.15) is 33.3 Å². The van der Waals surface area contributed by atoms with Gasteiger partial charge in [0.05, 0.1) is 16.5 Å². The van der Waals surface area contributed by atoms with E-state index in [1.807, 2.05) is 30.3 Å². The van der Waals surface area contributed by atoms with Crippen molar-refractivity contribution in [2.75, 3.05) is 7.05 Å². The van der Waals surface area contributed by atoms with Gasteiger partial charge >= 0.3 is 0 Å². The molecule has 102 valence electrons. The summed E-state index contributed by atoms with van der Waals surface area (Å²) in [5.41, 5.74) is 2.22. The number of hydrazone groups is 1. The summed E-state index contributed by atoms with van der Waals surface area (Å²) in [6, 6.07) is 10.3. The van der Waals surface area contributed by atoms with Gasteiger partial charge in [0.1, 0.15) is 0 Å². The van der Waals surface area contributed by atoms with Gasteiger partial charge in [-0.05, 0) is 33.3 Å². The maximum absolute atomic E-state index is 4.73. The van der Waals surface area contributed by atoms with E-state index in [1.165, 1.54) is 5.56 Å². The van der Waals surface area contributed by atoms with Crippen LogP contribution >= 0.6 is 11.8 Å². The van der Waals surface area contributed by atoms with Crippen LogP contribution in [0.15, 0.2) is 40.4 Å². The predicted molar refractivity (Wildman–Crippen MR) is 85.0 cm³/mol. The summed E-state index contributed by atoms with van der Waals surface area (Å²) in [7, 11) is 1.96. The van der Waals surface area contributed by atoms with Crippen LogP contribution in [0.25, 0.3) is 0 Å². The molecule has 0 saturated heterocycles. The van der Waals surface area contributed by atoms with E-state index in [2.05, 4.69) is 39.8 Å². The van der Waals surface area contributed by atoms with Crippen molar-refractivity contribution < 1.29 is 0 Å². The Labute approximate surface area is 119 Å². The maximum atomic E-state index is 4.73. The molecule has 0 spiro atoms. The Morgan fingerprint density at radius 2 is 1.84 bits per heavy atom. The number of thioether (sulfide) groups is 1. The van der Waals surface area contributed by atoms with Gasteiger partial charge in [0, 0.05) is 7.05 Å². The molecule has 1 aliphatic rings. The van der Waals surface area contributed by atoms with E-state index in [9.17, 15) is 0 Å². The fraction of sp³-hybridized carbons (Fsp3) is 0.467. The molecular weight excluding hydrogens is 254 g/mol. The zero-order chi connectivity index (χ0) is 14.0. The van der Waals surface area contributed by atoms with Gasteiger partial charge in [-0.3, -0.25) is 4.99 Å². The molecule has 0 aromatic heterocycles. The highest BCUT2D eigenvalue weighted by Gasteiger charge is 2.25. The number of nitrogens with zero attached hydrogens (tertiary/aromatic N) is 3. The summed E-state index contributed by atoms with van der Waals surface area (Å²) in [4.78, 5) is 4.73. The lowest BCUT2D eigenvalue weighted by Crippen LogP contribution is -2.34. The number of rotatable bonds is 1. The molecule has 1 aliphatic heterocycles. The Morgan fingerprint density at radius 3 is 2.42 bits per heavy atom. The van der Waals surface area contributed by atoms with Crippen LogP contribution in [0.3, 0.4) is 0 Å². The normalized spacial score (nSPS) is 22.6. The lowest BCUT2D eigenvalue weighted by atomic mass is 10.1. The Bertz CT molecular complexity index is 500. The van der Waals surface area contributed by atoms with Gasteiger partial charge in [-0.25, -0.2) is 5.01 Å². The van der Waals surface area contributed by atoms with Crippen LogP contribution < -0.4 is 0 Å². The van der Waals surface area contributed by atoms with Crippen LogP contribution in [-0.4, -0.2) is 33.7 Å². The summed E-state index contributed by atoms with van der Waals surface area (Å²) in [5, 5.41) is 7.89. The van der Waals surface area contributed by atoms with Crippen molar-refractivity contribution in [2.45, 2.75) is 38.5 Å². The number of hydrogen-bond donors (Lipinski definition) is 0. The van der Waals surface area contributed by atoms with Crippen molar-refractivity contribution in [3.8, 4) is 0 Å². The average molecular weight is 275 g/mol. The van der Waals surface area contributed by atoms with E-state index in [4.69, 9.17) is 10.1 Å². The molecule has 19 heavy (non-hydrogen) atoms. The highest BCUT2D eigenvalue weighted by atomic mass is 32.2. The van der Waals surface area contributed by atoms with Gasteiger partial charge in [-0.15, -0.1) is 0 Å². The van der Waals surface area contributed by atoms with Crippen molar-refractivity contribution >= 4 is 22.6 Å². The third-order valence-electron chi connectivity index (χ3n) is 2.70. The second-order valence-corrected chi connectivity index (χ2v) is 7.01. The van der Waals surface area contributed by atoms with Crippen LogP contribution in [0.4, 0.5) is 0 Å². The summed E-state index contributed by atoms with van der Waals surface area (Å²) in [5.74, 6) is 0. The van der Waals surface area contributed by atoms with Gasteiger partial charge in [0.25, 0.3) is 0 Å². The minimum atomic E-state index is -0.0733. The molecule has 2 rings (SSSR count). The summed E-state index contributed by atoms with van der Waals surface area (Å²) in [6.45, 7) is 8.50. The molecule has 0 radical (unpaired) electrons. The fourth-order valence-electron chi connectivity index (χ4n) is 1.86. The first kappa shape index (κ1) is 14.1. The third-order valence-corrected chi connectivity index (χ3v) is 3.85. The van der Waals surface area contributed by atoms with E-state index in [0.717, 1.165) is 10.9 Å². The summed E-state index contributed by atoms with van der Waals surface area (Å²) < 4.78 is 0.